The first kappa shape index (κ1) is 20.7. The lowest BCUT2D eigenvalue weighted by Gasteiger charge is -2.36. The average molecular weight is 420 g/mol. The normalized spacial score (nSPS) is 13.8. The summed E-state index contributed by atoms with van der Waals surface area (Å²) in [5.41, 5.74) is 1.02. The van der Waals surface area contributed by atoms with Crippen molar-refractivity contribution >= 4 is 35.1 Å². The number of benzene rings is 1. The van der Waals surface area contributed by atoms with E-state index in [-0.39, 0.29) is 31.2 Å². The molecule has 3 rings (SSSR count). The molecule has 2 heterocycles. The summed E-state index contributed by atoms with van der Waals surface area (Å²) in [7, 11) is 0. The van der Waals surface area contributed by atoms with Crippen LogP contribution in [0.5, 0.6) is 0 Å². The molecule has 0 spiro atoms. The third kappa shape index (κ3) is 5.99. The predicted molar refractivity (Wildman–Crippen MR) is 107 cm³/mol. The number of esters is 1. The zero-order chi connectivity index (χ0) is 20.6. The van der Waals surface area contributed by atoms with Crippen molar-refractivity contribution in [1.82, 2.24) is 10.2 Å². The minimum Gasteiger partial charge on any atom is -0.459 e. The van der Waals surface area contributed by atoms with Crippen LogP contribution >= 0.6 is 11.6 Å². The number of hydrogen-bond acceptors (Lipinski definition) is 6. The standard InChI is InChI=1S/C20H22ClN3O5/c21-15-3-1-4-16(13-15)23-8-10-24(11-9-23)18(25)14-29-19(26)6-7-22-20(27)17-5-2-12-28-17/h1-5,12-13H,6-11,14H2,(H,22,27). The second-order valence-corrected chi connectivity index (χ2v) is 6.93. The number of halogens is 1. The van der Waals surface area contributed by atoms with E-state index >= 15 is 0 Å². The summed E-state index contributed by atoms with van der Waals surface area (Å²) in [6.45, 7) is 2.24. The third-order valence-corrected chi connectivity index (χ3v) is 4.76. The van der Waals surface area contributed by atoms with Crippen LogP contribution in [0.3, 0.4) is 0 Å². The second-order valence-electron chi connectivity index (χ2n) is 6.49. The van der Waals surface area contributed by atoms with E-state index in [0.717, 1.165) is 5.69 Å². The average Bonchev–Trinajstić information content (AvgIpc) is 3.27. The van der Waals surface area contributed by atoms with Crippen molar-refractivity contribution in [3.63, 3.8) is 0 Å². The van der Waals surface area contributed by atoms with Crippen LogP contribution in [0.15, 0.2) is 47.1 Å². The van der Waals surface area contributed by atoms with Crippen LogP contribution in [0.4, 0.5) is 5.69 Å². The van der Waals surface area contributed by atoms with Crippen LogP contribution in [-0.2, 0) is 14.3 Å². The fourth-order valence-corrected chi connectivity index (χ4v) is 3.15. The highest BCUT2D eigenvalue weighted by atomic mass is 35.5. The van der Waals surface area contributed by atoms with Crippen LogP contribution in [0.1, 0.15) is 17.0 Å². The monoisotopic (exact) mass is 419 g/mol. The summed E-state index contributed by atoms with van der Waals surface area (Å²) in [6.07, 6.45) is 1.37. The molecule has 2 aromatic rings. The Kier molecular flexibility index (Phi) is 7.13. The Labute approximate surface area is 173 Å². The molecule has 1 fully saturated rings. The van der Waals surface area contributed by atoms with Crippen molar-refractivity contribution in [2.45, 2.75) is 6.42 Å². The molecule has 1 aromatic carbocycles. The molecule has 0 unspecified atom stereocenters. The smallest absolute Gasteiger partial charge is 0.308 e. The summed E-state index contributed by atoms with van der Waals surface area (Å²) in [4.78, 5) is 39.6. The van der Waals surface area contributed by atoms with E-state index in [0.29, 0.717) is 31.2 Å². The lowest BCUT2D eigenvalue weighted by Crippen LogP contribution is -2.50. The number of rotatable bonds is 7. The molecule has 0 aliphatic carbocycles. The molecule has 1 aromatic heterocycles. The van der Waals surface area contributed by atoms with Crippen molar-refractivity contribution in [1.29, 1.82) is 0 Å². The van der Waals surface area contributed by atoms with Crippen molar-refractivity contribution in [2.24, 2.45) is 0 Å². The first-order valence-corrected chi connectivity index (χ1v) is 9.66. The topological polar surface area (TPSA) is 92.1 Å². The molecular weight excluding hydrogens is 398 g/mol. The maximum Gasteiger partial charge on any atom is 0.308 e. The fourth-order valence-electron chi connectivity index (χ4n) is 2.97. The summed E-state index contributed by atoms with van der Waals surface area (Å²) in [5.74, 6) is -1.01. The highest BCUT2D eigenvalue weighted by Crippen LogP contribution is 2.20. The van der Waals surface area contributed by atoms with Crippen LogP contribution < -0.4 is 10.2 Å². The molecule has 29 heavy (non-hydrogen) atoms. The minimum atomic E-state index is -0.546. The van der Waals surface area contributed by atoms with E-state index in [9.17, 15) is 14.4 Å². The number of nitrogens with zero attached hydrogens (tertiary/aromatic N) is 2. The highest BCUT2D eigenvalue weighted by Gasteiger charge is 2.22. The van der Waals surface area contributed by atoms with E-state index in [1.807, 2.05) is 24.3 Å². The van der Waals surface area contributed by atoms with Gasteiger partial charge < -0.3 is 24.3 Å². The van der Waals surface area contributed by atoms with Gasteiger partial charge in [0.1, 0.15) is 0 Å². The van der Waals surface area contributed by atoms with Gasteiger partial charge in [-0.25, -0.2) is 0 Å². The number of amides is 2. The fraction of sp³-hybridized carbons (Fsp3) is 0.350. The minimum absolute atomic E-state index is 0.0255. The number of piperazine rings is 1. The lowest BCUT2D eigenvalue weighted by molar-refractivity contribution is -0.152. The molecule has 1 aliphatic heterocycles. The number of hydrogen-bond donors (Lipinski definition) is 1. The number of anilines is 1. The SMILES string of the molecule is O=C(CCNC(=O)c1ccco1)OCC(=O)N1CCN(c2cccc(Cl)c2)CC1. The van der Waals surface area contributed by atoms with Crippen LogP contribution in [-0.4, -0.2) is 62.0 Å². The van der Waals surface area contributed by atoms with E-state index in [4.69, 9.17) is 20.8 Å². The Balaban J connectivity index is 1.33. The Morgan fingerprint density at radius 1 is 1.10 bits per heavy atom. The highest BCUT2D eigenvalue weighted by molar-refractivity contribution is 6.30. The molecule has 9 heteroatoms. The number of carbonyl (C=O) groups is 3. The molecule has 0 radical (unpaired) electrons. The molecule has 0 atom stereocenters. The zero-order valence-electron chi connectivity index (χ0n) is 15.8. The van der Waals surface area contributed by atoms with Crippen molar-refractivity contribution in [3.05, 3.63) is 53.4 Å². The van der Waals surface area contributed by atoms with Crippen molar-refractivity contribution in [2.75, 3.05) is 44.2 Å². The third-order valence-electron chi connectivity index (χ3n) is 4.52. The molecule has 8 nitrogen and oxygen atoms in total. The molecule has 1 saturated heterocycles. The van der Waals surface area contributed by atoms with Gasteiger partial charge in [-0.2, -0.15) is 0 Å². The maximum absolute atomic E-state index is 12.3. The molecule has 1 N–H and O–H groups in total. The molecule has 0 bridgehead atoms. The number of nitrogens with one attached hydrogen (secondary N) is 1. The largest absolute Gasteiger partial charge is 0.459 e. The number of carbonyl (C=O) groups excluding carboxylic acids is 3. The summed E-state index contributed by atoms with van der Waals surface area (Å²) >= 11 is 6.03. The van der Waals surface area contributed by atoms with Gasteiger partial charge >= 0.3 is 5.97 Å². The molecule has 154 valence electrons. The van der Waals surface area contributed by atoms with Gasteiger partial charge in [-0.3, -0.25) is 14.4 Å². The van der Waals surface area contributed by atoms with E-state index in [1.54, 1.807) is 11.0 Å². The van der Waals surface area contributed by atoms with Gasteiger partial charge in [0.25, 0.3) is 11.8 Å². The summed E-state index contributed by atoms with van der Waals surface area (Å²) in [5, 5.41) is 3.22. The predicted octanol–water partition coefficient (Wildman–Crippen LogP) is 1.94. The second kappa shape index (κ2) is 9.97. The van der Waals surface area contributed by atoms with Gasteiger partial charge in [0.05, 0.1) is 12.7 Å². The van der Waals surface area contributed by atoms with Crippen LogP contribution in [0, 0.1) is 0 Å². The van der Waals surface area contributed by atoms with Gasteiger partial charge in [-0.1, -0.05) is 17.7 Å². The molecule has 2 amide bonds. The Hall–Kier alpha value is -3.00. The van der Waals surface area contributed by atoms with E-state index in [2.05, 4.69) is 10.2 Å². The summed E-state index contributed by atoms with van der Waals surface area (Å²) < 4.78 is 9.97. The first-order chi connectivity index (χ1) is 14.0. The van der Waals surface area contributed by atoms with Gasteiger partial charge in [0.15, 0.2) is 12.4 Å². The van der Waals surface area contributed by atoms with Crippen molar-refractivity contribution < 1.29 is 23.5 Å². The molecule has 1 aliphatic rings. The van der Waals surface area contributed by atoms with E-state index in [1.165, 1.54) is 12.3 Å². The molecule has 0 saturated carbocycles. The quantitative estimate of drug-likeness (QED) is 0.689. The Morgan fingerprint density at radius 2 is 1.90 bits per heavy atom. The maximum atomic E-state index is 12.3. The first-order valence-electron chi connectivity index (χ1n) is 9.28. The number of furan rings is 1. The van der Waals surface area contributed by atoms with Gasteiger partial charge in [0.2, 0.25) is 0 Å². The van der Waals surface area contributed by atoms with Gasteiger partial charge in [-0.05, 0) is 30.3 Å². The Bertz CT molecular complexity index is 848. The van der Waals surface area contributed by atoms with Crippen molar-refractivity contribution in [3.8, 4) is 0 Å². The lowest BCUT2D eigenvalue weighted by atomic mass is 10.2. The van der Waals surface area contributed by atoms with Crippen LogP contribution in [0.25, 0.3) is 0 Å². The summed E-state index contributed by atoms with van der Waals surface area (Å²) in [6, 6.07) is 10.7. The molecular formula is C20H22ClN3O5. The number of ether oxygens (including phenoxy) is 1. The Morgan fingerprint density at radius 3 is 2.59 bits per heavy atom. The van der Waals surface area contributed by atoms with Gasteiger partial charge in [0, 0.05) is 43.4 Å². The van der Waals surface area contributed by atoms with E-state index < -0.39 is 11.9 Å². The zero-order valence-corrected chi connectivity index (χ0v) is 16.6. The van der Waals surface area contributed by atoms with Gasteiger partial charge in [-0.15, -0.1) is 0 Å². The van der Waals surface area contributed by atoms with Crippen LogP contribution in [0.2, 0.25) is 5.02 Å².